The molecule has 1 rings (SSSR count). The number of carbonyl (C=O) groups excluding carboxylic acids is 1. The molecule has 0 saturated carbocycles. The zero-order valence-corrected chi connectivity index (χ0v) is 16.6. The third kappa shape index (κ3) is 6.72. The SMILES string of the molecule is CCCCCCCCCC(C)C1OC[C@@H](C(=O)OCC)N1C(C)C. The van der Waals surface area contributed by atoms with E-state index in [-0.39, 0.29) is 24.3 Å². The van der Waals surface area contributed by atoms with Gasteiger partial charge in [0.1, 0.15) is 12.3 Å². The van der Waals surface area contributed by atoms with Gasteiger partial charge in [-0.2, -0.15) is 0 Å². The number of hydrogen-bond acceptors (Lipinski definition) is 4. The molecule has 0 bridgehead atoms. The number of esters is 1. The van der Waals surface area contributed by atoms with Crippen LogP contribution in [0, 0.1) is 5.92 Å². The van der Waals surface area contributed by atoms with Gasteiger partial charge in [0.2, 0.25) is 0 Å². The van der Waals surface area contributed by atoms with Crippen molar-refractivity contribution in [3.05, 3.63) is 0 Å². The third-order valence-corrected chi connectivity index (χ3v) is 4.98. The van der Waals surface area contributed by atoms with Crippen LogP contribution in [0.15, 0.2) is 0 Å². The van der Waals surface area contributed by atoms with Crippen LogP contribution >= 0.6 is 0 Å². The highest BCUT2D eigenvalue weighted by atomic mass is 16.6. The first-order valence-corrected chi connectivity index (χ1v) is 10.1. The molecule has 0 amide bonds. The fraction of sp³-hybridized carbons (Fsp3) is 0.950. The summed E-state index contributed by atoms with van der Waals surface area (Å²) in [6, 6.07) is 0.0369. The van der Waals surface area contributed by atoms with Crippen molar-refractivity contribution in [1.29, 1.82) is 0 Å². The Hall–Kier alpha value is -0.610. The van der Waals surface area contributed by atoms with Crippen molar-refractivity contribution in [3.63, 3.8) is 0 Å². The van der Waals surface area contributed by atoms with Crippen molar-refractivity contribution in [2.45, 2.75) is 104 Å². The van der Waals surface area contributed by atoms with Crippen molar-refractivity contribution in [1.82, 2.24) is 4.90 Å². The first-order chi connectivity index (χ1) is 11.5. The number of hydrogen-bond donors (Lipinski definition) is 0. The molecule has 142 valence electrons. The van der Waals surface area contributed by atoms with E-state index >= 15 is 0 Å². The van der Waals surface area contributed by atoms with E-state index < -0.39 is 0 Å². The fourth-order valence-electron chi connectivity index (χ4n) is 3.65. The maximum atomic E-state index is 12.2. The van der Waals surface area contributed by atoms with Gasteiger partial charge in [-0.1, -0.05) is 58.8 Å². The Morgan fingerprint density at radius 2 is 1.71 bits per heavy atom. The summed E-state index contributed by atoms with van der Waals surface area (Å²) >= 11 is 0. The number of carbonyl (C=O) groups is 1. The summed E-state index contributed by atoms with van der Waals surface area (Å²) in [7, 11) is 0. The maximum Gasteiger partial charge on any atom is 0.325 e. The predicted octanol–water partition coefficient (Wildman–Crippen LogP) is 4.76. The predicted molar refractivity (Wildman–Crippen MR) is 98.9 cm³/mol. The summed E-state index contributed by atoms with van der Waals surface area (Å²) in [5.41, 5.74) is 0. The van der Waals surface area contributed by atoms with E-state index in [9.17, 15) is 4.79 Å². The second-order valence-electron chi connectivity index (χ2n) is 7.42. The average molecular weight is 342 g/mol. The van der Waals surface area contributed by atoms with Crippen LogP contribution in [0.5, 0.6) is 0 Å². The van der Waals surface area contributed by atoms with Gasteiger partial charge in [0.05, 0.1) is 13.2 Å². The highest BCUT2D eigenvalue weighted by molar-refractivity contribution is 5.76. The van der Waals surface area contributed by atoms with Crippen LogP contribution in [0.4, 0.5) is 0 Å². The number of rotatable bonds is 12. The monoisotopic (exact) mass is 341 g/mol. The summed E-state index contributed by atoms with van der Waals surface area (Å²) in [6.07, 6.45) is 10.5. The van der Waals surface area contributed by atoms with Crippen molar-refractivity contribution in [3.8, 4) is 0 Å². The first-order valence-electron chi connectivity index (χ1n) is 10.1. The van der Waals surface area contributed by atoms with Gasteiger partial charge < -0.3 is 9.47 Å². The van der Waals surface area contributed by atoms with Gasteiger partial charge >= 0.3 is 5.97 Å². The van der Waals surface area contributed by atoms with E-state index in [0.717, 1.165) is 6.42 Å². The molecule has 0 aromatic rings. The van der Waals surface area contributed by atoms with Crippen LogP contribution in [-0.4, -0.2) is 42.4 Å². The van der Waals surface area contributed by atoms with Gasteiger partial charge in [0.15, 0.2) is 0 Å². The molecule has 0 spiro atoms. The van der Waals surface area contributed by atoms with Crippen LogP contribution < -0.4 is 0 Å². The van der Waals surface area contributed by atoms with Crippen LogP contribution in [-0.2, 0) is 14.3 Å². The molecule has 4 nitrogen and oxygen atoms in total. The Kier molecular flexibility index (Phi) is 10.6. The standard InChI is InChI=1S/C20H39NO3/c1-6-8-9-10-11-12-13-14-17(5)19-21(16(3)4)18(15-24-19)20(22)23-7-2/h16-19H,6-15H2,1-5H3/t17?,18-,19?/m0/s1. The first kappa shape index (κ1) is 21.4. The highest BCUT2D eigenvalue weighted by Gasteiger charge is 2.43. The molecule has 0 aromatic heterocycles. The summed E-state index contributed by atoms with van der Waals surface area (Å²) in [5.74, 6) is 0.305. The number of unbranched alkanes of at least 4 members (excludes halogenated alkanes) is 6. The van der Waals surface area contributed by atoms with Gasteiger partial charge in [-0.25, -0.2) is 0 Å². The second kappa shape index (κ2) is 11.9. The Morgan fingerprint density at radius 1 is 1.08 bits per heavy atom. The maximum absolute atomic E-state index is 12.2. The molecular formula is C20H39NO3. The molecule has 2 unspecified atom stereocenters. The lowest BCUT2D eigenvalue weighted by Crippen LogP contribution is -2.48. The van der Waals surface area contributed by atoms with Gasteiger partial charge in [0.25, 0.3) is 0 Å². The zero-order chi connectivity index (χ0) is 17.9. The van der Waals surface area contributed by atoms with Gasteiger partial charge in [-0.3, -0.25) is 9.69 Å². The summed E-state index contributed by atoms with van der Waals surface area (Å²) < 4.78 is 11.2. The molecule has 1 aliphatic heterocycles. The third-order valence-electron chi connectivity index (χ3n) is 4.98. The number of ether oxygens (including phenoxy) is 2. The summed E-state index contributed by atoms with van der Waals surface area (Å²) in [4.78, 5) is 14.4. The molecule has 0 aromatic carbocycles. The molecule has 1 fully saturated rings. The lowest BCUT2D eigenvalue weighted by molar-refractivity contribution is -0.149. The van der Waals surface area contributed by atoms with Crippen molar-refractivity contribution < 1.29 is 14.3 Å². The molecular weight excluding hydrogens is 302 g/mol. The topological polar surface area (TPSA) is 38.8 Å². The molecule has 0 N–H and O–H groups in total. The Morgan fingerprint density at radius 3 is 2.29 bits per heavy atom. The molecule has 1 heterocycles. The van der Waals surface area contributed by atoms with Crippen LogP contribution in [0.2, 0.25) is 0 Å². The average Bonchev–Trinajstić information content (AvgIpc) is 2.99. The molecule has 0 aliphatic carbocycles. The van der Waals surface area contributed by atoms with Crippen molar-refractivity contribution >= 4 is 5.97 Å². The molecule has 24 heavy (non-hydrogen) atoms. The van der Waals surface area contributed by atoms with E-state index in [1.807, 2.05) is 6.92 Å². The minimum absolute atomic E-state index is 0.0412. The summed E-state index contributed by atoms with van der Waals surface area (Å²) in [6.45, 7) is 11.5. The molecule has 4 heteroatoms. The largest absolute Gasteiger partial charge is 0.465 e. The van der Waals surface area contributed by atoms with Crippen LogP contribution in [0.3, 0.4) is 0 Å². The number of nitrogens with zero attached hydrogens (tertiary/aromatic N) is 1. The van der Waals surface area contributed by atoms with Crippen LogP contribution in [0.1, 0.15) is 86.0 Å². The Balaban J connectivity index is 2.39. The smallest absolute Gasteiger partial charge is 0.325 e. The Labute approximate surface area is 149 Å². The fourth-order valence-corrected chi connectivity index (χ4v) is 3.65. The van der Waals surface area contributed by atoms with E-state index in [4.69, 9.17) is 9.47 Å². The highest BCUT2D eigenvalue weighted by Crippen LogP contribution is 2.29. The minimum Gasteiger partial charge on any atom is -0.465 e. The van der Waals surface area contributed by atoms with E-state index in [1.54, 1.807) is 0 Å². The van der Waals surface area contributed by atoms with Gasteiger partial charge in [0, 0.05) is 6.04 Å². The quantitative estimate of drug-likeness (QED) is 0.379. The minimum atomic E-state index is -0.244. The Bertz CT molecular complexity index is 346. The second-order valence-corrected chi connectivity index (χ2v) is 7.42. The van der Waals surface area contributed by atoms with Crippen LogP contribution in [0.25, 0.3) is 0 Å². The van der Waals surface area contributed by atoms with E-state index in [0.29, 0.717) is 19.1 Å². The lowest BCUT2D eigenvalue weighted by atomic mass is 9.98. The van der Waals surface area contributed by atoms with Gasteiger partial charge in [-0.05, 0) is 33.1 Å². The molecule has 1 aliphatic rings. The lowest BCUT2D eigenvalue weighted by Gasteiger charge is -2.33. The van der Waals surface area contributed by atoms with Crippen molar-refractivity contribution in [2.24, 2.45) is 5.92 Å². The van der Waals surface area contributed by atoms with E-state index in [1.165, 1.54) is 44.9 Å². The van der Waals surface area contributed by atoms with Crippen molar-refractivity contribution in [2.75, 3.05) is 13.2 Å². The normalized spacial score (nSPS) is 22.9. The zero-order valence-electron chi connectivity index (χ0n) is 16.6. The molecule has 1 saturated heterocycles. The van der Waals surface area contributed by atoms with E-state index in [2.05, 4.69) is 32.6 Å². The molecule has 3 atom stereocenters. The van der Waals surface area contributed by atoms with Gasteiger partial charge in [-0.15, -0.1) is 0 Å². The summed E-state index contributed by atoms with van der Waals surface area (Å²) in [5, 5.41) is 0. The molecule has 0 radical (unpaired) electrons.